The summed E-state index contributed by atoms with van der Waals surface area (Å²) >= 11 is 1.29. The summed E-state index contributed by atoms with van der Waals surface area (Å²) in [5.41, 5.74) is -0.144. The van der Waals surface area contributed by atoms with Crippen LogP contribution in [0, 0.1) is 0 Å². The predicted octanol–water partition coefficient (Wildman–Crippen LogP) is 2.72. The van der Waals surface area contributed by atoms with Gasteiger partial charge in [0, 0.05) is 10.5 Å². The number of nitrogens with one attached hydrogen (secondary N) is 1. The molecule has 0 radical (unpaired) electrons. The van der Waals surface area contributed by atoms with E-state index < -0.39 is 12.1 Å². The molecule has 0 saturated heterocycles. The Bertz CT molecular complexity index is 446. The van der Waals surface area contributed by atoms with Gasteiger partial charge < -0.3 is 5.32 Å². The number of anilines is 1. The molecule has 0 aromatic heterocycles. The first-order chi connectivity index (χ1) is 7.88. The molecule has 0 atom stereocenters. The largest absolute Gasteiger partial charge is 0.471 e. The predicted molar refractivity (Wildman–Crippen MR) is 58.3 cm³/mol. The number of hydrogen-bond acceptors (Lipinski definition) is 3. The molecule has 92 valence electrons. The van der Waals surface area contributed by atoms with Crippen molar-refractivity contribution < 1.29 is 22.8 Å². The number of carbonyl (C=O) groups is 2. The first-order valence-corrected chi connectivity index (χ1v) is 5.62. The maximum Gasteiger partial charge on any atom is 0.471 e. The molecule has 1 amide bonds. The van der Waals surface area contributed by atoms with E-state index in [0.29, 0.717) is 11.2 Å². The second-order valence-electron chi connectivity index (χ2n) is 3.02. The molecule has 0 heterocycles. The van der Waals surface area contributed by atoms with Gasteiger partial charge in [-0.1, -0.05) is 0 Å². The fourth-order valence-electron chi connectivity index (χ4n) is 1.07. The monoisotopic (exact) mass is 263 g/mol. The molecular formula is C10H8F3NO2S. The maximum absolute atomic E-state index is 12.0. The lowest BCUT2D eigenvalue weighted by atomic mass is 10.2. The van der Waals surface area contributed by atoms with Crippen molar-refractivity contribution in [2.24, 2.45) is 0 Å². The molecule has 17 heavy (non-hydrogen) atoms. The van der Waals surface area contributed by atoms with Crippen LogP contribution in [0.3, 0.4) is 0 Å². The number of alkyl halides is 3. The number of aldehydes is 1. The zero-order valence-electron chi connectivity index (χ0n) is 8.67. The molecule has 1 aromatic carbocycles. The standard InChI is InChI=1S/C10H8F3NO2S/c1-17-7-3-2-6(5-15)8(4-7)14-9(16)10(11,12)13/h2-5H,1H3,(H,14,16). The molecule has 0 fully saturated rings. The highest BCUT2D eigenvalue weighted by Gasteiger charge is 2.38. The van der Waals surface area contributed by atoms with Gasteiger partial charge in [-0.15, -0.1) is 11.8 Å². The number of amides is 1. The normalized spacial score (nSPS) is 11.1. The van der Waals surface area contributed by atoms with Crippen molar-refractivity contribution in [1.29, 1.82) is 0 Å². The molecule has 0 aliphatic rings. The Kier molecular flexibility index (Phi) is 4.17. The SMILES string of the molecule is CSc1ccc(C=O)c(NC(=O)C(F)(F)F)c1. The molecule has 7 heteroatoms. The van der Waals surface area contributed by atoms with Gasteiger partial charge in [0.1, 0.15) is 0 Å². The lowest BCUT2D eigenvalue weighted by Crippen LogP contribution is -2.30. The summed E-state index contributed by atoms with van der Waals surface area (Å²) in [6.07, 6.45) is -2.86. The molecule has 1 N–H and O–H groups in total. The van der Waals surface area contributed by atoms with Gasteiger partial charge in [0.2, 0.25) is 0 Å². The minimum Gasteiger partial charge on any atom is -0.318 e. The van der Waals surface area contributed by atoms with Crippen LogP contribution in [0.15, 0.2) is 23.1 Å². The van der Waals surface area contributed by atoms with E-state index in [1.807, 2.05) is 0 Å². The Balaban J connectivity index is 3.03. The molecule has 0 unspecified atom stereocenters. The van der Waals surface area contributed by atoms with E-state index in [9.17, 15) is 22.8 Å². The van der Waals surface area contributed by atoms with Gasteiger partial charge in [-0.3, -0.25) is 9.59 Å². The summed E-state index contributed by atoms with van der Waals surface area (Å²) in [5.74, 6) is -2.10. The summed E-state index contributed by atoms with van der Waals surface area (Å²) in [4.78, 5) is 22.0. The Labute approximate surface area is 99.4 Å². The van der Waals surface area contributed by atoms with Gasteiger partial charge in [0.15, 0.2) is 6.29 Å². The van der Waals surface area contributed by atoms with Crippen molar-refractivity contribution in [3.63, 3.8) is 0 Å². The summed E-state index contributed by atoms with van der Waals surface area (Å²) < 4.78 is 36.1. The summed E-state index contributed by atoms with van der Waals surface area (Å²) in [6, 6.07) is 4.25. The number of thioether (sulfide) groups is 1. The third kappa shape index (κ3) is 3.48. The fourth-order valence-corrected chi connectivity index (χ4v) is 1.51. The van der Waals surface area contributed by atoms with Crippen LogP contribution < -0.4 is 5.32 Å². The molecule has 0 bridgehead atoms. The number of halogens is 3. The molecule has 1 aromatic rings. The zero-order chi connectivity index (χ0) is 13.1. The molecule has 0 aliphatic carbocycles. The van der Waals surface area contributed by atoms with Gasteiger partial charge in [0.25, 0.3) is 0 Å². The number of hydrogen-bond donors (Lipinski definition) is 1. The van der Waals surface area contributed by atoms with Crippen LogP contribution >= 0.6 is 11.8 Å². The molecule has 3 nitrogen and oxygen atoms in total. The highest BCUT2D eigenvalue weighted by Crippen LogP contribution is 2.24. The van der Waals surface area contributed by atoms with Crippen LogP contribution in [0.1, 0.15) is 10.4 Å². The van der Waals surface area contributed by atoms with Gasteiger partial charge in [-0.2, -0.15) is 13.2 Å². The Morgan fingerprint density at radius 3 is 2.53 bits per heavy atom. The molecular weight excluding hydrogens is 255 g/mol. The highest BCUT2D eigenvalue weighted by molar-refractivity contribution is 7.98. The number of carbonyl (C=O) groups excluding carboxylic acids is 2. The van der Waals surface area contributed by atoms with Crippen molar-refractivity contribution >= 4 is 29.6 Å². The Morgan fingerprint density at radius 2 is 2.06 bits per heavy atom. The second-order valence-corrected chi connectivity index (χ2v) is 3.90. The average Bonchev–Trinajstić information content (AvgIpc) is 2.27. The van der Waals surface area contributed by atoms with Gasteiger partial charge in [-0.25, -0.2) is 0 Å². The van der Waals surface area contributed by atoms with Crippen LogP contribution in [0.5, 0.6) is 0 Å². The van der Waals surface area contributed by atoms with Crippen LogP contribution in [0.25, 0.3) is 0 Å². The molecule has 0 spiro atoms. The van der Waals surface area contributed by atoms with Crippen molar-refractivity contribution in [1.82, 2.24) is 0 Å². The minimum atomic E-state index is -4.98. The third-order valence-electron chi connectivity index (χ3n) is 1.89. The smallest absolute Gasteiger partial charge is 0.318 e. The van der Waals surface area contributed by atoms with Crippen molar-refractivity contribution in [3.05, 3.63) is 23.8 Å². The summed E-state index contributed by atoms with van der Waals surface area (Å²) in [7, 11) is 0. The second kappa shape index (κ2) is 5.22. The number of benzene rings is 1. The topological polar surface area (TPSA) is 46.2 Å². The van der Waals surface area contributed by atoms with E-state index in [1.54, 1.807) is 17.6 Å². The van der Waals surface area contributed by atoms with E-state index in [0.717, 1.165) is 0 Å². The van der Waals surface area contributed by atoms with Crippen LogP contribution in [-0.2, 0) is 4.79 Å². The van der Waals surface area contributed by atoms with E-state index >= 15 is 0 Å². The van der Waals surface area contributed by atoms with Crippen molar-refractivity contribution in [2.75, 3.05) is 11.6 Å². The first kappa shape index (κ1) is 13.6. The van der Waals surface area contributed by atoms with E-state index in [1.165, 1.54) is 23.9 Å². The molecule has 0 saturated carbocycles. The van der Waals surface area contributed by atoms with E-state index in [-0.39, 0.29) is 11.3 Å². The highest BCUT2D eigenvalue weighted by atomic mass is 32.2. The van der Waals surface area contributed by atoms with Crippen LogP contribution in [0.2, 0.25) is 0 Å². The fraction of sp³-hybridized carbons (Fsp3) is 0.200. The van der Waals surface area contributed by atoms with Crippen LogP contribution in [-0.4, -0.2) is 24.6 Å². The van der Waals surface area contributed by atoms with E-state index in [4.69, 9.17) is 0 Å². The first-order valence-electron chi connectivity index (χ1n) is 4.40. The Morgan fingerprint density at radius 1 is 1.41 bits per heavy atom. The lowest BCUT2D eigenvalue weighted by Gasteiger charge is -2.10. The Hall–Kier alpha value is -1.50. The molecule has 0 aliphatic heterocycles. The van der Waals surface area contributed by atoms with Crippen molar-refractivity contribution in [2.45, 2.75) is 11.1 Å². The average molecular weight is 263 g/mol. The van der Waals surface area contributed by atoms with Gasteiger partial charge in [-0.05, 0) is 24.5 Å². The lowest BCUT2D eigenvalue weighted by molar-refractivity contribution is -0.167. The number of rotatable bonds is 3. The zero-order valence-corrected chi connectivity index (χ0v) is 9.48. The third-order valence-corrected chi connectivity index (χ3v) is 2.62. The summed E-state index contributed by atoms with van der Waals surface area (Å²) in [5, 5.41) is 1.67. The quantitative estimate of drug-likeness (QED) is 0.673. The van der Waals surface area contributed by atoms with Crippen molar-refractivity contribution in [3.8, 4) is 0 Å². The van der Waals surface area contributed by atoms with Gasteiger partial charge in [0.05, 0.1) is 5.69 Å². The summed E-state index contributed by atoms with van der Waals surface area (Å²) in [6.45, 7) is 0. The van der Waals surface area contributed by atoms with Crippen LogP contribution in [0.4, 0.5) is 18.9 Å². The maximum atomic E-state index is 12.0. The minimum absolute atomic E-state index is 0.000370. The van der Waals surface area contributed by atoms with Gasteiger partial charge >= 0.3 is 12.1 Å². The molecule has 1 rings (SSSR count). The van der Waals surface area contributed by atoms with E-state index in [2.05, 4.69) is 0 Å².